The molecule has 0 spiro atoms. The molecule has 4 nitrogen and oxygen atoms in total. The minimum Gasteiger partial charge on any atom is -0.494 e. The first kappa shape index (κ1) is 36.8. The maximum Gasteiger partial charge on any atom is 0.160 e. The third kappa shape index (κ3) is 6.84. The fourth-order valence-corrected chi connectivity index (χ4v) is 8.59. The number of nitrogens with zero attached hydrogens (tertiary/aromatic N) is 3. The van der Waals surface area contributed by atoms with Crippen LogP contribution in [-0.2, 0) is 0 Å². The van der Waals surface area contributed by atoms with Gasteiger partial charge in [-0.15, -0.1) is 0 Å². The van der Waals surface area contributed by atoms with E-state index in [4.69, 9.17) is 19.7 Å². The SMILES string of the molecule is COc1cccc2c1nc(-c1ccc(-c3ccc(-c4cc(-c5ccc(-c6ccccc6)cc5)nc(-c5ccc(-c6ccccc6)cc5)n4)cc3)cc1)c1ccc3ccccc3c12. The Morgan fingerprint density at radius 1 is 0.323 bits per heavy atom. The van der Waals surface area contributed by atoms with Gasteiger partial charge in [-0.3, -0.25) is 0 Å². The van der Waals surface area contributed by atoms with Gasteiger partial charge in [-0.1, -0.05) is 206 Å². The highest BCUT2D eigenvalue weighted by atomic mass is 16.5. The number of ether oxygens (including phenoxy) is 1. The van der Waals surface area contributed by atoms with Crippen LogP contribution in [0.25, 0.3) is 111 Å². The van der Waals surface area contributed by atoms with Gasteiger partial charge in [0, 0.05) is 38.4 Å². The highest BCUT2D eigenvalue weighted by molar-refractivity contribution is 6.23. The van der Waals surface area contributed by atoms with Gasteiger partial charge in [0.05, 0.1) is 24.2 Å². The van der Waals surface area contributed by atoms with Gasteiger partial charge in [-0.2, -0.15) is 0 Å². The molecule has 0 radical (unpaired) electrons. The lowest BCUT2D eigenvalue weighted by atomic mass is 9.94. The number of methoxy groups -OCH3 is 1. The molecule has 0 bridgehead atoms. The number of hydrogen-bond acceptors (Lipinski definition) is 4. The zero-order valence-electron chi connectivity index (χ0n) is 34.0. The highest BCUT2D eigenvalue weighted by Crippen LogP contribution is 2.40. The molecule has 0 aliphatic rings. The molecule has 0 saturated heterocycles. The number of pyridine rings is 1. The van der Waals surface area contributed by atoms with Gasteiger partial charge in [-0.25, -0.2) is 15.0 Å². The molecule has 4 heteroatoms. The Labute approximate surface area is 360 Å². The Bertz CT molecular complexity index is 3280. The van der Waals surface area contributed by atoms with Crippen molar-refractivity contribution in [3.8, 4) is 84.3 Å². The summed E-state index contributed by atoms with van der Waals surface area (Å²) < 4.78 is 5.82. The molecule has 0 atom stereocenters. The lowest BCUT2D eigenvalue weighted by molar-refractivity contribution is 0.419. The van der Waals surface area contributed by atoms with Crippen LogP contribution in [0.15, 0.2) is 218 Å². The lowest BCUT2D eigenvalue weighted by Gasteiger charge is -2.14. The Morgan fingerprint density at radius 2 is 0.774 bits per heavy atom. The summed E-state index contributed by atoms with van der Waals surface area (Å²) in [5, 5.41) is 5.79. The fraction of sp³-hybridized carbons (Fsp3) is 0.0172. The summed E-state index contributed by atoms with van der Waals surface area (Å²) in [4.78, 5) is 15.6. The summed E-state index contributed by atoms with van der Waals surface area (Å²) in [7, 11) is 1.71. The van der Waals surface area contributed by atoms with Crippen molar-refractivity contribution in [2.24, 2.45) is 0 Å². The van der Waals surface area contributed by atoms with E-state index in [2.05, 4.69) is 194 Å². The molecule has 292 valence electrons. The van der Waals surface area contributed by atoms with Crippen molar-refractivity contribution in [1.29, 1.82) is 0 Å². The predicted molar refractivity (Wildman–Crippen MR) is 257 cm³/mol. The number of rotatable bonds is 8. The van der Waals surface area contributed by atoms with E-state index < -0.39 is 0 Å². The number of fused-ring (bicyclic) bond motifs is 5. The van der Waals surface area contributed by atoms with Gasteiger partial charge in [0.15, 0.2) is 5.82 Å². The second kappa shape index (κ2) is 15.8. The molecule has 0 aliphatic carbocycles. The van der Waals surface area contributed by atoms with Gasteiger partial charge < -0.3 is 4.74 Å². The quantitative estimate of drug-likeness (QED) is 0.144. The zero-order valence-corrected chi connectivity index (χ0v) is 34.0. The topological polar surface area (TPSA) is 47.9 Å². The predicted octanol–water partition coefficient (Wildman–Crippen LogP) is 15.0. The minimum atomic E-state index is 0.685. The van der Waals surface area contributed by atoms with E-state index in [9.17, 15) is 0 Å². The molecule has 11 aromatic rings. The molecular weight excluding hydrogens is 755 g/mol. The van der Waals surface area contributed by atoms with Crippen LogP contribution in [0.3, 0.4) is 0 Å². The Balaban J connectivity index is 0.945. The van der Waals surface area contributed by atoms with Crippen LogP contribution in [0, 0.1) is 0 Å². The van der Waals surface area contributed by atoms with Crippen LogP contribution < -0.4 is 4.74 Å². The number of para-hydroxylation sites is 1. The normalized spacial score (nSPS) is 11.3. The van der Waals surface area contributed by atoms with Gasteiger partial charge in [0.25, 0.3) is 0 Å². The fourth-order valence-electron chi connectivity index (χ4n) is 8.59. The maximum atomic E-state index is 5.82. The van der Waals surface area contributed by atoms with Crippen molar-refractivity contribution < 1.29 is 4.74 Å². The van der Waals surface area contributed by atoms with E-state index in [1.807, 2.05) is 24.3 Å². The van der Waals surface area contributed by atoms with Crippen LogP contribution in [0.2, 0.25) is 0 Å². The van der Waals surface area contributed by atoms with E-state index >= 15 is 0 Å². The van der Waals surface area contributed by atoms with Crippen LogP contribution in [0.4, 0.5) is 0 Å². The van der Waals surface area contributed by atoms with Crippen LogP contribution in [0.5, 0.6) is 5.75 Å². The third-order valence-electron chi connectivity index (χ3n) is 11.8. The molecule has 62 heavy (non-hydrogen) atoms. The summed E-state index contributed by atoms with van der Waals surface area (Å²) in [5.74, 6) is 1.45. The smallest absolute Gasteiger partial charge is 0.160 e. The Morgan fingerprint density at radius 3 is 1.32 bits per heavy atom. The summed E-state index contributed by atoms with van der Waals surface area (Å²) in [5.41, 5.74) is 14.5. The van der Waals surface area contributed by atoms with E-state index in [0.717, 1.165) is 78.1 Å². The molecule has 9 aromatic carbocycles. The Hall–Kier alpha value is -8.21. The van der Waals surface area contributed by atoms with Gasteiger partial charge in [0.1, 0.15) is 11.3 Å². The summed E-state index contributed by atoms with van der Waals surface area (Å²) in [6.45, 7) is 0. The van der Waals surface area contributed by atoms with Crippen molar-refractivity contribution in [1.82, 2.24) is 15.0 Å². The molecule has 0 N–H and O–H groups in total. The van der Waals surface area contributed by atoms with Crippen LogP contribution in [0.1, 0.15) is 0 Å². The number of hydrogen-bond donors (Lipinski definition) is 0. The van der Waals surface area contributed by atoms with Crippen LogP contribution in [-0.4, -0.2) is 22.1 Å². The molecule has 0 unspecified atom stereocenters. The largest absolute Gasteiger partial charge is 0.494 e. The van der Waals surface area contributed by atoms with Crippen LogP contribution >= 0.6 is 0 Å². The second-order valence-corrected chi connectivity index (χ2v) is 15.5. The molecule has 0 fully saturated rings. The number of benzene rings is 9. The zero-order chi connectivity index (χ0) is 41.4. The Kier molecular flexibility index (Phi) is 9.36. The molecule has 2 aromatic heterocycles. The van der Waals surface area contributed by atoms with Crippen molar-refractivity contribution in [3.63, 3.8) is 0 Å². The third-order valence-corrected chi connectivity index (χ3v) is 11.8. The van der Waals surface area contributed by atoms with E-state index in [-0.39, 0.29) is 0 Å². The first-order chi connectivity index (χ1) is 30.7. The monoisotopic (exact) mass is 793 g/mol. The van der Waals surface area contributed by atoms with Gasteiger partial charge in [-0.05, 0) is 56.3 Å². The summed E-state index contributed by atoms with van der Waals surface area (Å²) in [6.07, 6.45) is 0. The molecular formula is C58H39N3O. The molecule has 0 aliphatic heterocycles. The van der Waals surface area contributed by atoms with E-state index in [1.165, 1.54) is 32.8 Å². The van der Waals surface area contributed by atoms with Crippen molar-refractivity contribution in [2.45, 2.75) is 0 Å². The molecule has 11 rings (SSSR count). The van der Waals surface area contributed by atoms with E-state index in [1.54, 1.807) is 7.11 Å². The molecule has 2 heterocycles. The van der Waals surface area contributed by atoms with Crippen molar-refractivity contribution in [3.05, 3.63) is 218 Å². The lowest BCUT2D eigenvalue weighted by Crippen LogP contribution is -1.96. The minimum absolute atomic E-state index is 0.685. The standard InChI is InChI=1S/C58H39N3O/c1-62-54-18-10-17-50-55-49-16-9-8-15-44(49)35-36-51(55)56(61-57(50)54)47-31-23-43(24-32-47)42-21-29-46(30-22-42)53-37-52(45-27-19-40(20-28-45)38-11-4-2-5-12-38)59-58(60-53)48-33-25-41(26-34-48)39-13-6-3-7-14-39/h2-37H,1H3. The average molecular weight is 794 g/mol. The van der Waals surface area contributed by atoms with Crippen molar-refractivity contribution in [2.75, 3.05) is 7.11 Å². The average Bonchev–Trinajstić information content (AvgIpc) is 3.36. The van der Waals surface area contributed by atoms with Crippen molar-refractivity contribution >= 4 is 32.4 Å². The first-order valence-corrected chi connectivity index (χ1v) is 20.9. The second-order valence-electron chi connectivity index (χ2n) is 15.5. The van der Waals surface area contributed by atoms with Gasteiger partial charge >= 0.3 is 0 Å². The molecule has 0 amide bonds. The summed E-state index contributed by atoms with van der Waals surface area (Å²) >= 11 is 0. The summed E-state index contributed by atoms with van der Waals surface area (Å²) in [6, 6.07) is 76.7. The van der Waals surface area contributed by atoms with Gasteiger partial charge in [0.2, 0.25) is 0 Å². The number of aromatic nitrogens is 3. The highest BCUT2D eigenvalue weighted by Gasteiger charge is 2.17. The maximum absolute atomic E-state index is 5.82. The molecule has 0 saturated carbocycles. The van der Waals surface area contributed by atoms with E-state index in [0.29, 0.717) is 5.82 Å². The first-order valence-electron chi connectivity index (χ1n) is 20.9.